The van der Waals surface area contributed by atoms with Crippen LogP contribution in [0.25, 0.3) is 0 Å². The van der Waals surface area contributed by atoms with Crippen LogP contribution in [0.2, 0.25) is 0 Å². The first-order chi connectivity index (χ1) is 10.1. The molecule has 3 nitrogen and oxygen atoms in total. The lowest BCUT2D eigenvalue weighted by molar-refractivity contribution is 0.178. The van der Waals surface area contributed by atoms with Crippen molar-refractivity contribution in [1.29, 1.82) is 0 Å². The van der Waals surface area contributed by atoms with Crippen LogP contribution in [0.5, 0.6) is 0 Å². The third-order valence-corrected chi connectivity index (χ3v) is 4.85. The lowest BCUT2D eigenvalue weighted by Gasteiger charge is -2.31. The van der Waals surface area contributed by atoms with Gasteiger partial charge >= 0.3 is 0 Å². The number of benzene rings is 1. The molecule has 0 radical (unpaired) electrons. The molecule has 1 aliphatic rings. The molecule has 0 amide bonds. The van der Waals surface area contributed by atoms with Crippen molar-refractivity contribution >= 4 is 5.69 Å². The first-order valence-corrected chi connectivity index (χ1v) is 8.38. The molecule has 3 heteroatoms. The zero-order valence-electron chi connectivity index (χ0n) is 13.9. The predicted octanol–water partition coefficient (Wildman–Crippen LogP) is 3.18. The molecule has 0 saturated carbocycles. The molecule has 1 aliphatic heterocycles. The molecule has 1 heterocycles. The Kier molecular flexibility index (Phi) is 6.07. The molecule has 0 spiro atoms. The zero-order chi connectivity index (χ0) is 15.2. The number of rotatable bonds is 5. The highest BCUT2D eigenvalue weighted by molar-refractivity contribution is 5.40. The molecule has 2 unspecified atom stereocenters. The molecule has 0 aromatic heterocycles. The van der Waals surface area contributed by atoms with Crippen LogP contribution in [0.3, 0.4) is 0 Å². The second-order valence-corrected chi connectivity index (χ2v) is 6.57. The first kappa shape index (κ1) is 16.3. The Hall–Kier alpha value is -1.06. The van der Waals surface area contributed by atoms with Crippen LogP contribution in [0.1, 0.15) is 44.6 Å². The summed E-state index contributed by atoms with van der Waals surface area (Å²) in [5, 5.41) is 0. The third-order valence-electron chi connectivity index (χ3n) is 4.85. The number of nitrogen functional groups attached to an aromatic ring is 1. The molecule has 1 aromatic carbocycles. The number of likely N-dealkylation sites (N-methyl/N-ethyl adjacent to an activating group) is 1. The summed E-state index contributed by atoms with van der Waals surface area (Å²) in [4.78, 5) is 5.19. The molecular formula is C18H31N3. The van der Waals surface area contributed by atoms with Crippen molar-refractivity contribution in [2.45, 2.75) is 45.1 Å². The van der Waals surface area contributed by atoms with Crippen LogP contribution in [0.15, 0.2) is 24.3 Å². The van der Waals surface area contributed by atoms with Crippen molar-refractivity contribution in [2.75, 3.05) is 39.0 Å². The molecular weight excluding hydrogens is 258 g/mol. The maximum Gasteiger partial charge on any atom is 0.0314 e. The highest BCUT2D eigenvalue weighted by Crippen LogP contribution is 2.22. The van der Waals surface area contributed by atoms with Crippen molar-refractivity contribution < 1.29 is 0 Å². The van der Waals surface area contributed by atoms with E-state index in [4.69, 9.17) is 5.73 Å². The average molecular weight is 289 g/mol. The number of anilines is 1. The van der Waals surface area contributed by atoms with Gasteiger partial charge < -0.3 is 10.6 Å². The number of hydrogen-bond acceptors (Lipinski definition) is 3. The number of nitrogens with zero attached hydrogens (tertiary/aromatic N) is 2. The number of nitrogens with two attached hydrogens (primary N) is 1. The second-order valence-electron chi connectivity index (χ2n) is 6.57. The van der Waals surface area contributed by atoms with E-state index >= 15 is 0 Å². The van der Waals surface area contributed by atoms with Gasteiger partial charge in [0.15, 0.2) is 0 Å². The maximum absolute atomic E-state index is 5.77. The van der Waals surface area contributed by atoms with Gasteiger partial charge in [0.1, 0.15) is 0 Å². The fraction of sp³-hybridized carbons (Fsp3) is 0.667. The van der Waals surface area contributed by atoms with Gasteiger partial charge in [-0.3, -0.25) is 4.90 Å². The Bertz CT molecular complexity index is 415. The van der Waals surface area contributed by atoms with Gasteiger partial charge in [-0.25, -0.2) is 0 Å². The van der Waals surface area contributed by atoms with E-state index < -0.39 is 0 Å². The van der Waals surface area contributed by atoms with E-state index in [1.807, 2.05) is 12.1 Å². The van der Waals surface area contributed by atoms with Gasteiger partial charge in [-0.1, -0.05) is 26.0 Å². The lowest BCUT2D eigenvalue weighted by atomic mass is 9.97. The molecule has 1 saturated heterocycles. The second kappa shape index (κ2) is 7.81. The highest BCUT2D eigenvalue weighted by Gasteiger charge is 2.22. The molecule has 0 aliphatic carbocycles. The fourth-order valence-corrected chi connectivity index (χ4v) is 3.33. The minimum Gasteiger partial charge on any atom is -0.399 e. The molecule has 0 bridgehead atoms. The first-order valence-electron chi connectivity index (χ1n) is 8.38. The van der Waals surface area contributed by atoms with E-state index in [1.54, 1.807) is 0 Å². The van der Waals surface area contributed by atoms with Gasteiger partial charge in [0.05, 0.1) is 0 Å². The Morgan fingerprint density at radius 2 is 1.95 bits per heavy atom. The summed E-state index contributed by atoms with van der Waals surface area (Å²) >= 11 is 0. The molecule has 2 N–H and O–H groups in total. The van der Waals surface area contributed by atoms with Crippen LogP contribution >= 0.6 is 0 Å². The van der Waals surface area contributed by atoms with Gasteiger partial charge in [0.25, 0.3) is 0 Å². The molecule has 1 aromatic rings. The van der Waals surface area contributed by atoms with Crippen LogP contribution in [-0.2, 0) is 0 Å². The van der Waals surface area contributed by atoms with E-state index in [2.05, 4.69) is 42.8 Å². The minimum atomic E-state index is 0.601. The summed E-state index contributed by atoms with van der Waals surface area (Å²) in [7, 11) is 2.25. The summed E-state index contributed by atoms with van der Waals surface area (Å²) in [5.41, 5.74) is 8.03. The van der Waals surface area contributed by atoms with E-state index in [-0.39, 0.29) is 0 Å². The van der Waals surface area contributed by atoms with Gasteiger partial charge in [0, 0.05) is 18.3 Å². The molecule has 118 valence electrons. The average Bonchev–Trinajstić information content (AvgIpc) is 2.66. The molecule has 21 heavy (non-hydrogen) atoms. The number of hydrogen-bond donors (Lipinski definition) is 1. The topological polar surface area (TPSA) is 32.5 Å². The van der Waals surface area contributed by atoms with Crippen LogP contribution in [0, 0.1) is 0 Å². The summed E-state index contributed by atoms with van der Waals surface area (Å²) in [5.74, 6) is 0.601. The van der Waals surface area contributed by atoms with Crippen LogP contribution < -0.4 is 5.73 Å². The lowest BCUT2D eigenvalue weighted by Crippen LogP contribution is -2.40. The monoisotopic (exact) mass is 289 g/mol. The minimum absolute atomic E-state index is 0.601. The largest absolute Gasteiger partial charge is 0.399 e. The Morgan fingerprint density at radius 1 is 1.24 bits per heavy atom. The zero-order valence-corrected chi connectivity index (χ0v) is 13.9. The third kappa shape index (κ3) is 4.72. The van der Waals surface area contributed by atoms with E-state index in [0.717, 1.165) is 11.7 Å². The van der Waals surface area contributed by atoms with Gasteiger partial charge in [-0.05, 0) is 69.6 Å². The van der Waals surface area contributed by atoms with Crippen molar-refractivity contribution in [2.24, 2.45) is 0 Å². The highest BCUT2D eigenvalue weighted by atomic mass is 15.2. The van der Waals surface area contributed by atoms with E-state index in [1.165, 1.54) is 51.0 Å². The van der Waals surface area contributed by atoms with Crippen LogP contribution in [0.4, 0.5) is 5.69 Å². The summed E-state index contributed by atoms with van der Waals surface area (Å²) in [6.45, 7) is 9.55. The van der Waals surface area contributed by atoms with Crippen molar-refractivity contribution in [3.8, 4) is 0 Å². The molecule has 2 atom stereocenters. The Morgan fingerprint density at radius 3 is 2.62 bits per heavy atom. The molecule has 2 rings (SSSR count). The standard InChI is InChI=1S/C18H31N3/c1-4-18-14-20(3)11-5-12-21(18)13-10-15(2)16-6-8-17(19)9-7-16/h6-9,15,18H,4-5,10-14,19H2,1-3H3. The normalized spacial score (nSPS) is 22.9. The van der Waals surface area contributed by atoms with E-state index in [0.29, 0.717) is 5.92 Å². The molecule has 1 fully saturated rings. The van der Waals surface area contributed by atoms with Crippen LogP contribution in [-0.4, -0.2) is 49.1 Å². The summed E-state index contributed by atoms with van der Waals surface area (Å²) in [6.07, 6.45) is 3.77. The van der Waals surface area contributed by atoms with E-state index in [9.17, 15) is 0 Å². The van der Waals surface area contributed by atoms with Gasteiger partial charge in [0.2, 0.25) is 0 Å². The van der Waals surface area contributed by atoms with Gasteiger partial charge in [-0.15, -0.1) is 0 Å². The summed E-state index contributed by atoms with van der Waals surface area (Å²) in [6, 6.07) is 9.10. The van der Waals surface area contributed by atoms with Crippen molar-refractivity contribution in [1.82, 2.24) is 9.80 Å². The smallest absolute Gasteiger partial charge is 0.0314 e. The summed E-state index contributed by atoms with van der Waals surface area (Å²) < 4.78 is 0. The Balaban J connectivity index is 1.89. The van der Waals surface area contributed by atoms with Gasteiger partial charge in [-0.2, -0.15) is 0 Å². The fourth-order valence-electron chi connectivity index (χ4n) is 3.33. The maximum atomic E-state index is 5.77. The SMILES string of the molecule is CCC1CN(C)CCCN1CCC(C)c1ccc(N)cc1. The quantitative estimate of drug-likeness (QED) is 0.845. The van der Waals surface area contributed by atoms with Crippen molar-refractivity contribution in [3.63, 3.8) is 0 Å². The van der Waals surface area contributed by atoms with Crippen molar-refractivity contribution in [3.05, 3.63) is 29.8 Å². The Labute approximate surface area is 130 Å². The predicted molar refractivity (Wildman–Crippen MR) is 91.7 cm³/mol.